The molecule has 3 N–H and O–H groups in total. The summed E-state index contributed by atoms with van der Waals surface area (Å²) in [6, 6.07) is 0. The first-order valence-corrected chi connectivity index (χ1v) is 9.56. The molecular weight excluding hydrogens is 290 g/mol. The minimum absolute atomic E-state index is 0.219. The van der Waals surface area contributed by atoms with Crippen molar-refractivity contribution in [1.29, 1.82) is 0 Å². The SMILES string of the molecule is CCC(CC)C1=CC2(CCC(O)CC2)N(O)C12CCC(O)CC2. The smallest absolute Gasteiger partial charge is 0.0684 e. The molecule has 132 valence electrons. The van der Waals surface area contributed by atoms with Crippen molar-refractivity contribution >= 4 is 0 Å². The Kier molecular flexibility index (Phi) is 4.90. The first kappa shape index (κ1) is 17.4. The molecule has 2 aliphatic carbocycles. The Morgan fingerprint density at radius 2 is 1.48 bits per heavy atom. The standard InChI is InChI=1S/C19H33NO3/c1-3-14(4-2)17-13-18(9-5-15(21)6-10-18)20(23)19(17)11-7-16(22)8-12-19/h13-16,21-23H,3-12H2,1-2H3. The number of hydrogen-bond donors (Lipinski definition) is 3. The van der Waals surface area contributed by atoms with E-state index in [1.165, 1.54) is 5.57 Å². The quantitative estimate of drug-likeness (QED) is 0.697. The van der Waals surface area contributed by atoms with E-state index < -0.39 is 0 Å². The second-order valence-corrected chi connectivity index (χ2v) is 8.02. The van der Waals surface area contributed by atoms with E-state index in [0.29, 0.717) is 5.92 Å². The van der Waals surface area contributed by atoms with Crippen LogP contribution in [0.2, 0.25) is 0 Å². The van der Waals surface area contributed by atoms with E-state index in [1.54, 1.807) is 5.06 Å². The monoisotopic (exact) mass is 323 g/mol. The predicted octanol–water partition coefficient (Wildman–Crippen LogP) is 3.40. The van der Waals surface area contributed by atoms with Gasteiger partial charge in [-0.3, -0.25) is 0 Å². The number of aliphatic hydroxyl groups excluding tert-OH is 2. The Morgan fingerprint density at radius 3 is 1.96 bits per heavy atom. The van der Waals surface area contributed by atoms with Crippen molar-refractivity contribution in [3.63, 3.8) is 0 Å². The van der Waals surface area contributed by atoms with Gasteiger partial charge in [0, 0.05) is 0 Å². The van der Waals surface area contributed by atoms with Gasteiger partial charge in [-0.25, -0.2) is 0 Å². The molecule has 1 heterocycles. The molecule has 0 aromatic heterocycles. The fourth-order valence-corrected chi connectivity index (χ4v) is 5.30. The van der Waals surface area contributed by atoms with Gasteiger partial charge in [-0.1, -0.05) is 19.9 Å². The molecule has 0 saturated heterocycles. The summed E-state index contributed by atoms with van der Waals surface area (Å²) in [4.78, 5) is 0. The third-order valence-electron chi connectivity index (χ3n) is 6.82. The van der Waals surface area contributed by atoms with E-state index in [-0.39, 0.29) is 23.3 Å². The molecule has 0 amide bonds. The van der Waals surface area contributed by atoms with E-state index in [4.69, 9.17) is 0 Å². The molecule has 3 aliphatic rings. The van der Waals surface area contributed by atoms with E-state index in [1.807, 2.05) is 0 Å². The van der Waals surface area contributed by atoms with Crippen LogP contribution >= 0.6 is 0 Å². The minimum atomic E-state index is -0.292. The Labute approximate surface area is 140 Å². The lowest BCUT2D eigenvalue weighted by atomic mass is 9.71. The van der Waals surface area contributed by atoms with Gasteiger partial charge in [0.25, 0.3) is 0 Å². The maximum atomic E-state index is 11.3. The maximum absolute atomic E-state index is 11.3. The van der Waals surface area contributed by atoms with Gasteiger partial charge < -0.3 is 15.4 Å². The molecule has 4 nitrogen and oxygen atoms in total. The molecule has 1 aliphatic heterocycles. The van der Waals surface area contributed by atoms with Crippen LogP contribution in [0.25, 0.3) is 0 Å². The van der Waals surface area contributed by atoms with Crippen LogP contribution in [0.4, 0.5) is 0 Å². The number of hydrogen-bond acceptors (Lipinski definition) is 4. The summed E-state index contributed by atoms with van der Waals surface area (Å²) in [5.74, 6) is 0.506. The second kappa shape index (κ2) is 6.47. The zero-order valence-corrected chi connectivity index (χ0v) is 14.7. The number of nitrogens with zero attached hydrogens (tertiary/aromatic N) is 1. The summed E-state index contributed by atoms with van der Waals surface area (Å²) >= 11 is 0. The van der Waals surface area contributed by atoms with Gasteiger partial charge in [0.05, 0.1) is 23.3 Å². The minimum Gasteiger partial charge on any atom is -0.393 e. The van der Waals surface area contributed by atoms with E-state index >= 15 is 0 Å². The maximum Gasteiger partial charge on any atom is 0.0684 e. The van der Waals surface area contributed by atoms with Crippen LogP contribution < -0.4 is 0 Å². The van der Waals surface area contributed by atoms with Crippen LogP contribution in [0.5, 0.6) is 0 Å². The lowest BCUT2D eigenvalue weighted by Gasteiger charge is -2.49. The van der Waals surface area contributed by atoms with Crippen molar-refractivity contribution in [3.05, 3.63) is 11.6 Å². The van der Waals surface area contributed by atoms with E-state index in [9.17, 15) is 15.4 Å². The van der Waals surface area contributed by atoms with Gasteiger partial charge in [0.1, 0.15) is 0 Å². The van der Waals surface area contributed by atoms with Crippen LogP contribution in [0.15, 0.2) is 11.6 Å². The van der Waals surface area contributed by atoms with Crippen molar-refractivity contribution in [2.45, 2.75) is 101 Å². The van der Waals surface area contributed by atoms with Crippen LogP contribution in [-0.2, 0) is 0 Å². The highest BCUT2D eigenvalue weighted by Crippen LogP contribution is 2.54. The number of aliphatic hydroxyl groups is 2. The summed E-state index contributed by atoms with van der Waals surface area (Å²) < 4.78 is 0. The zero-order chi connectivity index (χ0) is 16.7. The van der Waals surface area contributed by atoms with Crippen molar-refractivity contribution in [3.8, 4) is 0 Å². The molecule has 23 heavy (non-hydrogen) atoms. The highest BCUT2D eigenvalue weighted by atomic mass is 16.5. The molecule has 2 fully saturated rings. The van der Waals surface area contributed by atoms with E-state index in [0.717, 1.165) is 64.2 Å². The molecule has 2 spiro atoms. The van der Waals surface area contributed by atoms with Gasteiger partial charge in [0.2, 0.25) is 0 Å². The molecule has 0 bridgehead atoms. The molecule has 4 heteroatoms. The fourth-order valence-electron chi connectivity index (χ4n) is 5.30. The summed E-state index contributed by atoms with van der Waals surface area (Å²) in [5, 5.41) is 32.8. The molecule has 0 aromatic carbocycles. The van der Waals surface area contributed by atoms with Crippen LogP contribution in [-0.4, -0.2) is 43.8 Å². The lowest BCUT2D eigenvalue weighted by Crippen LogP contribution is -2.57. The molecule has 0 radical (unpaired) electrons. The third-order valence-corrected chi connectivity index (χ3v) is 6.82. The topological polar surface area (TPSA) is 63.9 Å². The van der Waals surface area contributed by atoms with Crippen molar-refractivity contribution in [1.82, 2.24) is 5.06 Å². The second-order valence-electron chi connectivity index (χ2n) is 8.02. The average Bonchev–Trinajstić information content (AvgIpc) is 2.78. The van der Waals surface area contributed by atoms with Crippen molar-refractivity contribution < 1.29 is 15.4 Å². The summed E-state index contributed by atoms with van der Waals surface area (Å²) in [6.45, 7) is 4.47. The van der Waals surface area contributed by atoms with Crippen molar-refractivity contribution in [2.75, 3.05) is 0 Å². The average molecular weight is 323 g/mol. The lowest BCUT2D eigenvalue weighted by molar-refractivity contribution is -0.227. The normalized spacial score (nSPS) is 41.9. The molecule has 2 saturated carbocycles. The van der Waals surface area contributed by atoms with Crippen LogP contribution in [0.3, 0.4) is 0 Å². The Morgan fingerprint density at radius 1 is 1.00 bits per heavy atom. The van der Waals surface area contributed by atoms with Gasteiger partial charge >= 0.3 is 0 Å². The highest BCUT2D eigenvalue weighted by molar-refractivity contribution is 5.36. The van der Waals surface area contributed by atoms with Crippen LogP contribution in [0, 0.1) is 5.92 Å². The summed E-state index contributed by atoms with van der Waals surface area (Å²) in [6.07, 6.45) is 10.6. The zero-order valence-electron chi connectivity index (χ0n) is 14.7. The van der Waals surface area contributed by atoms with Gasteiger partial charge in [-0.15, -0.1) is 0 Å². The Bertz CT molecular complexity index is 442. The summed E-state index contributed by atoms with van der Waals surface area (Å²) in [7, 11) is 0. The van der Waals surface area contributed by atoms with E-state index in [2.05, 4.69) is 19.9 Å². The largest absolute Gasteiger partial charge is 0.393 e. The molecule has 0 unspecified atom stereocenters. The van der Waals surface area contributed by atoms with Gasteiger partial charge in [0.15, 0.2) is 0 Å². The number of rotatable bonds is 3. The first-order chi connectivity index (χ1) is 11.0. The fraction of sp³-hybridized carbons (Fsp3) is 0.895. The highest BCUT2D eigenvalue weighted by Gasteiger charge is 2.57. The first-order valence-electron chi connectivity index (χ1n) is 9.56. The molecule has 3 rings (SSSR count). The Hall–Kier alpha value is -0.420. The molecule has 0 atom stereocenters. The van der Waals surface area contributed by atoms with Gasteiger partial charge in [-0.05, 0) is 75.7 Å². The summed E-state index contributed by atoms with van der Waals surface area (Å²) in [5.41, 5.74) is 0.839. The van der Waals surface area contributed by atoms with Crippen LogP contribution in [0.1, 0.15) is 78.1 Å². The third kappa shape index (κ3) is 2.78. The van der Waals surface area contributed by atoms with Crippen molar-refractivity contribution in [2.24, 2.45) is 5.92 Å². The Balaban J connectivity index is 1.96. The van der Waals surface area contributed by atoms with Gasteiger partial charge in [-0.2, -0.15) is 5.06 Å². The molecular formula is C19H33NO3. The predicted molar refractivity (Wildman–Crippen MR) is 90.2 cm³/mol. The molecule has 0 aromatic rings. The number of hydroxylamine groups is 2.